The second kappa shape index (κ2) is 8.09. The molecule has 1 atom stereocenters. The van der Waals surface area contributed by atoms with Crippen LogP contribution in [0.25, 0.3) is 5.69 Å². The standard InChI is InChI=1S/C18H24FN3O3S/c1-12(23)20-17-11-16(18(2,3)4)21-22(17)14-6-7-15(19)13(10-14)8-9-25-26(5)24/h6-7,10-11H,8-9H2,1-5H3,(H,20,23). The third kappa shape index (κ3) is 5.22. The summed E-state index contributed by atoms with van der Waals surface area (Å²) in [4.78, 5) is 11.5. The van der Waals surface area contributed by atoms with Gasteiger partial charge in [0.1, 0.15) is 11.6 Å². The maximum absolute atomic E-state index is 14.1. The first kappa shape index (κ1) is 20.3. The molecular weight excluding hydrogens is 357 g/mol. The van der Waals surface area contributed by atoms with Crippen molar-refractivity contribution in [3.8, 4) is 5.69 Å². The Morgan fingerprint density at radius 1 is 1.35 bits per heavy atom. The Balaban J connectivity index is 2.41. The number of carbonyl (C=O) groups excluding carboxylic acids is 1. The van der Waals surface area contributed by atoms with Crippen molar-refractivity contribution in [2.24, 2.45) is 0 Å². The van der Waals surface area contributed by atoms with Crippen molar-refractivity contribution in [1.29, 1.82) is 0 Å². The van der Waals surface area contributed by atoms with E-state index in [1.165, 1.54) is 19.2 Å². The van der Waals surface area contributed by atoms with Crippen LogP contribution in [0.4, 0.5) is 10.2 Å². The van der Waals surface area contributed by atoms with Gasteiger partial charge in [-0.05, 0) is 23.8 Å². The van der Waals surface area contributed by atoms with Crippen molar-refractivity contribution in [2.75, 3.05) is 18.2 Å². The lowest BCUT2D eigenvalue weighted by Crippen LogP contribution is -2.13. The van der Waals surface area contributed by atoms with Crippen LogP contribution in [0.5, 0.6) is 0 Å². The van der Waals surface area contributed by atoms with Crippen molar-refractivity contribution in [3.63, 3.8) is 0 Å². The molecule has 1 aromatic heterocycles. The summed E-state index contributed by atoms with van der Waals surface area (Å²) in [5.74, 6) is -0.0674. The predicted octanol–water partition coefficient (Wildman–Crippen LogP) is 3.12. The molecule has 142 valence electrons. The summed E-state index contributed by atoms with van der Waals surface area (Å²) in [5, 5.41) is 7.34. The lowest BCUT2D eigenvalue weighted by atomic mass is 9.92. The zero-order chi connectivity index (χ0) is 19.5. The van der Waals surface area contributed by atoms with Gasteiger partial charge in [0.2, 0.25) is 5.91 Å². The van der Waals surface area contributed by atoms with Crippen LogP contribution in [0.3, 0.4) is 0 Å². The van der Waals surface area contributed by atoms with Crippen molar-refractivity contribution < 1.29 is 17.6 Å². The Morgan fingerprint density at radius 2 is 2.04 bits per heavy atom. The lowest BCUT2D eigenvalue weighted by Gasteiger charge is -2.14. The molecule has 0 aliphatic heterocycles. The molecule has 1 aromatic carbocycles. The predicted molar refractivity (Wildman–Crippen MR) is 100 cm³/mol. The molecule has 6 nitrogen and oxygen atoms in total. The largest absolute Gasteiger partial charge is 0.311 e. The Morgan fingerprint density at radius 3 is 2.62 bits per heavy atom. The van der Waals surface area contributed by atoms with E-state index in [2.05, 4.69) is 10.4 Å². The summed E-state index contributed by atoms with van der Waals surface area (Å²) >= 11 is -1.39. The van der Waals surface area contributed by atoms with Gasteiger partial charge in [0.05, 0.1) is 18.0 Å². The molecule has 0 spiro atoms. The number of hydrogen-bond donors (Lipinski definition) is 1. The van der Waals surface area contributed by atoms with Gasteiger partial charge in [-0.25, -0.2) is 13.3 Å². The molecule has 0 saturated heterocycles. The van der Waals surface area contributed by atoms with Crippen LogP contribution in [0.2, 0.25) is 0 Å². The summed E-state index contributed by atoms with van der Waals surface area (Å²) < 4.78 is 31.7. The van der Waals surface area contributed by atoms with Gasteiger partial charge in [-0.15, -0.1) is 0 Å². The number of hydrogen-bond acceptors (Lipinski definition) is 4. The number of rotatable bonds is 6. The average Bonchev–Trinajstić information content (AvgIpc) is 2.92. The van der Waals surface area contributed by atoms with E-state index in [9.17, 15) is 13.4 Å². The highest BCUT2D eigenvalue weighted by molar-refractivity contribution is 7.79. The second-order valence-corrected chi connectivity index (χ2v) is 8.05. The topological polar surface area (TPSA) is 73.2 Å². The first-order valence-corrected chi connectivity index (χ1v) is 9.70. The Labute approximate surface area is 155 Å². The summed E-state index contributed by atoms with van der Waals surface area (Å²) in [5.41, 5.74) is 1.64. The summed E-state index contributed by atoms with van der Waals surface area (Å²) in [6.07, 6.45) is 1.70. The number of nitrogens with one attached hydrogen (secondary N) is 1. The van der Waals surface area contributed by atoms with Crippen molar-refractivity contribution in [1.82, 2.24) is 9.78 Å². The van der Waals surface area contributed by atoms with E-state index in [4.69, 9.17) is 4.18 Å². The number of nitrogens with zero attached hydrogens (tertiary/aromatic N) is 2. The quantitative estimate of drug-likeness (QED) is 0.834. The third-order valence-corrected chi connectivity index (χ3v) is 4.18. The molecule has 1 unspecified atom stereocenters. The molecule has 0 fully saturated rings. The number of carbonyl (C=O) groups is 1. The van der Waals surface area contributed by atoms with Crippen LogP contribution < -0.4 is 5.32 Å². The molecular formula is C18H24FN3O3S. The fraction of sp³-hybridized carbons (Fsp3) is 0.444. The number of aromatic nitrogens is 2. The van der Waals surface area contributed by atoms with Crippen molar-refractivity contribution in [2.45, 2.75) is 39.5 Å². The van der Waals surface area contributed by atoms with Crippen LogP contribution >= 0.6 is 0 Å². The third-order valence-electron chi connectivity index (χ3n) is 3.68. The van der Waals surface area contributed by atoms with Crippen molar-refractivity contribution >= 4 is 22.8 Å². The van der Waals surface area contributed by atoms with Crippen LogP contribution in [0.1, 0.15) is 39.0 Å². The number of benzene rings is 1. The molecule has 0 radical (unpaired) electrons. The van der Waals surface area contributed by atoms with Gasteiger partial charge < -0.3 is 5.32 Å². The first-order valence-electron chi connectivity index (χ1n) is 8.21. The molecule has 1 heterocycles. The zero-order valence-corrected chi connectivity index (χ0v) is 16.4. The van der Waals surface area contributed by atoms with Crippen LogP contribution in [0.15, 0.2) is 24.3 Å². The minimum atomic E-state index is -1.39. The Bertz CT molecular complexity index is 828. The average molecular weight is 381 g/mol. The van der Waals surface area contributed by atoms with E-state index >= 15 is 0 Å². The molecule has 1 amide bonds. The van der Waals surface area contributed by atoms with E-state index in [0.29, 0.717) is 17.1 Å². The molecule has 0 aliphatic carbocycles. The zero-order valence-electron chi connectivity index (χ0n) is 15.6. The molecule has 0 saturated carbocycles. The molecule has 26 heavy (non-hydrogen) atoms. The number of anilines is 1. The van der Waals surface area contributed by atoms with E-state index < -0.39 is 11.1 Å². The highest BCUT2D eigenvalue weighted by Crippen LogP contribution is 2.27. The lowest BCUT2D eigenvalue weighted by molar-refractivity contribution is -0.114. The summed E-state index contributed by atoms with van der Waals surface area (Å²) in [6, 6.07) is 6.42. The maximum Gasteiger partial charge on any atom is 0.222 e. The van der Waals surface area contributed by atoms with Crippen LogP contribution in [-0.2, 0) is 31.9 Å². The minimum absolute atomic E-state index is 0.147. The molecule has 1 N–H and O–H groups in total. The van der Waals surface area contributed by atoms with Gasteiger partial charge in [-0.1, -0.05) is 20.8 Å². The normalized spacial score (nSPS) is 12.8. The molecule has 2 rings (SSSR count). The second-order valence-electron chi connectivity index (χ2n) is 7.01. The van der Waals surface area contributed by atoms with Gasteiger partial charge in [-0.3, -0.25) is 8.98 Å². The van der Waals surface area contributed by atoms with Crippen LogP contribution in [0, 0.1) is 5.82 Å². The fourth-order valence-corrected chi connectivity index (χ4v) is 2.69. The fourth-order valence-electron chi connectivity index (χ4n) is 2.37. The Hall–Kier alpha value is -2.06. The highest BCUT2D eigenvalue weighted by Gasteiger charge is 2.21. The van der Waals surface area contributed by atoms with Gasteiger partial charge in [0.25, 0.3) is 0 Å². The molecule has 2 aromatic rings. The van der Waals surface area contributed by atoms with Gasteiger partial charge in [-0.2, -0.15) is 5.10 Å². The van der Waals surface area contributed by atoms with E-state index in [0.717, 1.165) is 5.69 Å². The van der Waals surface area contributed by atoms with Crippen LogP contribution in [-0.4, -0.2) is 32.8 Å². The van der Waals surface area contributed by atoms with E-state index in [-0.39, 0.29) is 30.2 Å². The maximum atomic E-state index is 14.1. The first-order chi connectivity index (χ1) is 12.1. The number of amides is 1. The Kier molecular flexibility index (Phi) is 6.30. The summed E-state index contributed by atoms with van der Waals surface area (Å²) in [6.45, 7) is 7.64. The molecule has 0 aliphatic rings. The van der Waals surface area contributed by atoms with Gasteiger partial charge in [0, 0.05) is 31.1 Å². The van der Waals surface area contributed by atoms with E-state index in [1.54, 1.807) is 16.8 Å². The highest BCUT2D eigenvalue weighted by atomic mass is 32.2. The van der Waals surface area contributed by atoms with Gasteiger partial charge in [0.15, 0.2) is 11.1 Å². The molecule has 0 bridgehead atoms. The SMILES string of the molecule is CC(=O)Nc1cc(C(C)(C)C)nn1-c1ccc(F)c(CCOS(C)=O)c1. The van der Waals surface area contributed by atoms with Gasteiger partial charge >= 0.3 is 0 Å². The van der Waals surface area contributed by atoms with E-state index in [1.807, 2.05) is 26.8 Å². The summed E-state index contributed by atoms with van der Waals surface area (Å²) in [7, 11) is 0. The minimum Gasteiger partial charge on any atom is -0.311 e. The molecule has 8 heteroatoms. The monoisotopic (exact) mass is 381 g/mol. The smallest absolute Gasteiger partial charge is 0.222 e. The number of halogens is 1. The van der Waals surface area contributed by atoms with Crippen molar-refractivity contribution in [3.05, 3.63) is 41.3 Å².